The van der Waals surface area contributed by atoms with Crippen molar-refractivity contribution in [1.29, 1.82) is 0 Å². The quantitative estimate of drug-likeness (QED) is 0.353. The van der Waals surface area contributed by atoms with E-state index in [0.29, 0.717) is 6.42 Å². The molecule has 3 N–H and O–H groups in total. The molecule has 1 heterocycles. The number of ether oxygens (including phenoxy) is 1. The number of rotatable bonds is 6. The first-order valence-electron chi connectivity index (χ1n) is 6.68. The minimum Gasteiger partial charge on any atom is -0.492 e. The van der Waals surface area contributed by atoms with E-state index in [1.807, 2.05) is 24.3 Å². The zero-order valence-corrected chi connectivity index (χ0v) is 11.1. The highest BCUT2D eigenvalue weighted by Gasteiger charge is 2.10. The van der Waals surface area contributed by atoms with Crippen molar-refractivity contribution >= 4 is 5.84 Å². The van der Waals surface area contributed by atoms with Crippen LogP contribution in [0, 0.1) is 0 Å². The molecule has 0 unspecified atom stereocenters. The lowest BCUT2D eigenvalue weighted by molar-refractivity contribution is 0.238. The predicted molar refractivity (Wildman–Crippen MR) is 74.7 cm³/mol. The van der Waals surface area contributed by atoms with Crippen LogP contribution in [-0.2, 0) is 6.42 Å². The van der Waals surface area contributed by atoms with E-state index in [9.17, 15) is 0 Å². The predicted octanol–water partition coefficient (Wildman–Crippen LogP) is 1.45. The highest BCUT2D eigenvalue weighted by atomic mass is 16.5. The second-order valence-corrected chi connectivity index (χ2v) is 4.81. The van der Waals surface area contributed by atoms with Crippen LogP contribution in [0.1, 0.15) is 18.4 Å². The van der Waals surface area contributed by atoms with Gasteiger partial charge < -0.3 is 15.7 Å². The Morgan fingerprint density at radius 2 is 1.95 bits per heavy atom. The standard InChI is InChI=1S/C14H21N3O2/c15-14(16-18)11-12-3-5-13(6-4-12)19-10-9-17-7-1-2-8-17/h3-6,18H,1-2,7-11H2,(H2,15,16). The van der Waals surface area contributed by atoms with Gasteiger partial charge in [-0.2, -0.15) is 0 Å². The van der Waals surface area contributed by atoms with Crippen LogP contribution in [0.5, 0.6) is 5.75 Å². The van der Waals surface area contributed by atoms with Gasteiger partial charge in [0.25, 0.3) is 0 Å². The van der Waals surface area contributed by atoms with Crippen molar-refractivity contribution in [3.8, 4) is 5.75 Å². The molecule has 0 aliphatic carbocycles. The molecule has 0 atom stereocenters. The van der Waals surface area contributed by atoms with Crippen molar-refractivity contribution in [3.63, 3.8) is 0 Å². The van der Waals surface area contributed by atoms with Crippen molar-refractivity contribution in [2.45, 2.75) is 19.3 Å². The summed E-state index contributed by atoms with van der Waals surface area (Å²) >= 11 is 0. The van der Waals surface area contributed by atoms with Gasteiger partial charge in [0.2, 0.25) is 0 Å². The van der Waals surface area contributed by atoms with E-state index < -0.39 is 0 Å². The average Bonchev–Trinajstić information content (AvgIpc) is 2.94. The monoisotopic (exact) mass is 263 g/mol. The maximum Gasteiger partial charge on any atom is 0.143 e. The Kier molecular flexibility index (Phi) is 5.03. The fourth-order valence-electron chi connectivity index (χ4n) is 2.25. The van der Waals surface area contributed by atoms with Crippen molar-refractivity contribution in [2.24, 2.45) is 10.9 Å². The summed E-state index contributed by atoms with van der Waals surface area (Å²) in [6.07, 6.45) is 3.07. The molecule has 104 valence electrons. The van der Waals surface area contributed by atoms with Gasteiger partial charge in [0.05, 0.1) is 0 Å². The number of hydrogen-bond donors (Lipinski definition) is 2. The molecule has 0 saturated carbocycles. The second-order valence-electron chi connectivity index (χ2n) is 4.81. The zero-order valence-electron chi connectivity index (χ0n) is 11.1. The van der Waals surface area contributed by atoms with Crippen molar-refractivity contribution < 1.29 is 9.94 Å². The van der Waals surface area contributed by atoms with Crippen LogP contribution >= 0.6 is 0 Å². The molecule has 1 aliphatic rings. The van der Waals surface area contributed by atoms with Gasteiger partial charge in [-0.3, -0.25) is 4.90 Å². The fourth-order valence-corrected chi connectivity index (χ4v) is 2.25. The third-order valence-electron chi connectivity index (χ3n) is 3.31. The van der Waals surface area contributed by atoms with E-state index in [0.717, 1.165) is 24.5 Å². The van der Waals surface area contributed by atoms with Gasteiger partial charge in [-0.25, -0.2) is 0 Å². The molecule has 5 heteroatoms. The SMILES string of the molecule is N/C(Cc1ccc(OCCN2CCCC2)cc1)=N/O. The third-order valence-corrected chi connectivity index (χ3v) is 3.31. The first-order valence-corrected chi connectivity index (χ1v) is 6.68. The Balaban J connectivity index is 1.75. The molecular weight excluding hydrogens is 242 g/mol. The van der Waals surface area contributed by atoms with Gasteiger partial charge >= 0.3 is 0 Å². The number of likely N-dealkylation sites (tertiary alicyclic amines) is 1. The maximum absolute atomic E-state index is 8.50. The lowest BCUT2D eigenvalue weighted by Crippen LogP contribution is -2.25. The molecule has 5 nitrogen and oxygen atoms in total. The summed E-state index contributed by atoms with van der Waals surface area (Å²) in [7, 11) is 0. The Morgan fingerprint density at radius 3 is 2.58 bits per heavy atom. The Morgan fingerprint density at radius 1 is 1.26 bits per heavy atom. The summed E-state index contributed by atoms with van der Waals surface area (Å²) < 4.78 is 5.70. The summed E-state index contributed by atoms with van der Waals surface area (Å²) in [5.74, 6) is 1.07. The van der Waals surface area contributed by atoms with Gasteiger partial charge in [0.1, 0.15) is 18.2 Å². The number of nitrogens with zero attached hydrogens (tertiary/aromatic N) is 2. The van der Waals surface area contributed by atoms with Gasteiger partial charge in [-0.05, 0) is 43.6 Å². The Labute approximate surface area is 113 Å². The van der Waals surface area contributed by atoms with Gasteiger partial charge in [-0.15, -0.1) is 0 Å². The minimum absolute atomic E-state index is 0.211. The van der Waals surface area contributed by atoms with E-state index in [-0.39, 0.29) is 5.84 Å². The maximum atomic E-state index is 8.50. The van der Waals surface area contributed by atoms with Crippen molar-refractivity contribution in [3.05, 3.63) is 29.8 Å². The smallest absolute Gasteiger partial charge is 0.143 e. The fraction of sp³-hybridized carbons (Fsp3) is 0.500. The van der Waals surface area contributed by atoms with Crippen molar-refractivity contribution in [1.82, 2.24) is 4.90 Å². The van der Waals surface area contributed by atoms with Crippen molar-refractivity contribution in [2.75, 3.05) is 26.2 Å². The Bertz CT molecular complexity index is 411. The largest absolute Gasteiger partial charge is 0.492 e. The van der Waals surface area contributed by atoms with Gasteiger partial charge in [0.15, 0.2) is 0 Å². The van der Waals surface area contributed by atoms with Crippen LogP contribution in [0.3, 0.4) is 0 Å². The number of hydrogen-bond acceptors (Lipinski definition) is 4. The lowest BCUT2D eigenvalue weighted by atomic mass is 10.1. The summed E-state index contributed by atoms with van der Waals surface area (Å²) in [5.41, 5.74) is 6.46. The highest BCUT2D eigenvalue weighted by molar-refractivity contribution is 5.82. The zero-order chi connectivity index (χ0) is 13.5. The molecular formula is C14H21N3O2. The van der Waals surface area contributed by atoms with Crippen LogP contribution in [0.15, 0.2) is 29.4 Å². The average molecular weight is 263 g/mol. The lowest BCUT2D eigenvalue weighted by Gasteiger charge is -2.15. The van der Waals surface area contributed by atoms with Crippen LogP contribution < -0.4 is 10.5 Å². The number of oxime groups is 1. The second kappa shape index (κ2) is 6.99. The van der Waals surface area contributed by atoms with Crippen LogP contribution in [0.4, 0.5) is 0 Å². The molecule has 1 aliphatic heterocycles. The molecule has 0 aromatic heterocycles. The first kappa shape index (κ1) is 13.7. The molecule has 0 amide bonds. The molecule has 1 fully saturated rings. The first-order chi connectivity index (χ1) is 9.28. The topological polar surface area (TPSA) is 71.1 Å². The Hall–Kier alpha value is -1.75. The molecule has 0 spiro atoms. The summed E-state index contributed by atoms with van der Waals surface area (Å²) in [6.45, 7) is 4.11. The van der Waals surface area contributed by atoms with E-state index in [4.69, 9.17) is 15.7 Å². The van der Waals surface area contributed by atoms with E-state index >= 15 is 0 Å². The molecule has 2 rings (SSSR count). The van der Waals surface area contributed by atoms with Crippen LogP contribution in [0.25, 0.3) is 0 Å². The molecule has 1 aromatic rings. The molecule has 1 saturated heterocycles. The number of benzene rings is 1. The minimum atomic E-state index is 0.211. The summed E-state index contributed by atoms with van der Waals surface area (Å²) in [6, 6.07) is 7.71. The summed E-state index contributed by atoms with van der Waals surface area (Å²) in [5, 5.41) is 11.5. The number of nitrogens with two attached hydrogens (primary N) is 1. The van der Waals surface area contributed by atoms with Crippen LogP contribution in [0.2, 0.25) is 0 Å². The van der Waals surface area contributed by atoms with E-state index in [1.165, 1.54) is 25.9 Å². The third kappa shape index (κ3) is 4.44. The van der Waals surface area contributed by atoms with E-state index in [2.05, 4.69) is 10.1 Å². The van der Waals surface area contributed by atoms with Gasteiger partial charge in [0, 0.05) is 13.0 Å². The normalized spacial score (nSPS) is 16.7. The molecule has 0 bridgehead atoms. The highest BCUT2D eigenvalue weighted by Crippen LogP contribution is 2.13. The summed E-state index contributed by atoms with van der Waals surface area (Å²) in [4.78, 5) is 2.42. The van der Waals surface area contributed by atoms with Crippen LogP contribution in [-0.4, -0.2) is 42.2 Å². The molecule has 0 radical (unpaired) electrons. The molecule has 19 heavy (non-hydrogen) atoms. The molecule has 1 aromatic carbocycles. The number of amidine groups is 1. The van der Waals surface area contributed by atoms with Gasteiger partial charge in [-0.1, -0.05) is 17.3 Å². The van der Waals surface area contributed by atoms with E-state index in [1.54, 1.807) is 0 Å².